The molecular formula is C26H21FN2O2. The van der Waals surface area contributed by atoms with Gasteiger partial charge in [-0.3, -0.25) is 4.79 Å². The minimum absolute atomic E-state index is 0.141. The molecule has 0 atom stereocenters. The van der Waals surface area contributed by atoms with Gasteiger partial charge in [-0.25, -0.2) is 4.39 Å². The van der Waals surface area contributed by atoms with E-state index in [1.54, 1.807) is 11.1 Å². The molecule has 1 amide bonds. The molecule has 1 aliphatic rings. The number of aromatic amines is 1. The third kappa shape index (κ3) is 3.82. The summed E-state index contributed by atoms with van der Waals surface area (Å²) in [6.07, 6.45) is 4.42. The summed E-state index contributed by atoms with van der Waals surface area (Å²) in [7, 11) is 0. The minimum atomic E-state index is -0.352. The molecule has 3 aromatic carbocycles. The Bertz CT molecular complexity index is 1260. The molecule has 154 valence electrons. The summed E-state index contributed by atoms with van der Waals surface area (Å²) < 4.78 is 19.3. The fourth-order valence-corrected chi connectivity index (χ4v) is 3.93. The van der Waals surface area contributed by atoms with Crippen molar-refractivity contribution in [3.8, 4) is 5.75 Å². The van der Waals surface area contributed by atoms with Gasteiger partial charge in [0.05, 0.1) is 5.52 Å². The van der Waals surface area contributed by atoms with Crippen molar-refractivity contribution in [2.24, 2.45) is 0 Å². The average Bonchev–Trinajstić information content (AvgIpc) is 3.03. The first-order chi connectivity index (χ1) is 15.2. The first-order valence-electron chi connectivity index (χ1n) is 10.2. The molecule has 0 spiro atoms. The molecule has 4 nitrogen and oxygen atoms in total. The van der Waals surface area contributed by atoms with E-state index in [2.05, 4.69) is 11.1 Å². The lowest BCUT2D eigenvalue weighted by Gasteiger charge is -2.17. The Morgan fingerprint density at radius 2 is 1.81 bits per heavy atom. The van der Waals surface area contributed by atoms with Crippen molar-refractivity contribution in [1.82, 2.24) is 9.88 Å². The monoisotopic (exact) mass is 412 g/mol. The number of para-hydroxylation sites is 1. The van der Waals surface area contributed by atoms with Gasteiger partial charge in [0.1, 0.15) is 18.2 Å². The van der Waals surface area contributed by atoms with Crippen molar-refractivity contribution >= 4 is 22.9 Å². The fraction of sp³-hybridized carbons (Fsp3) is 0.115. The zero-order chi connectivity index (χ0) is 21.2. The Morgan fingerprint density at radius 1 is 1.00 bits per heavy atom. The molecule has 1 aliphatic heterocycles. The van der Waals surface area contributed by atoms with E-state index in [0.717, 1.165) is 33.5 Å². The quantitative estimate of drug-likeness (QED) is 0.477. The summed E-state index contributed by atoms with van der Waals surface area (Å²) in [6.45, 7) is 1.04. The van der Waals surface area contributed by atoms with E-state index in [1.807, 2.05) is 48.5 Å². The Morgan fingerprint density at radius 3 is 2.61 bits per heavy atom. The highest BCUT2D eigenvalue weighted by molar-refractivity contribution is 5.96. The molecule has 0 unspecified atom stereocenters. The van der Waals surface area contributed by atoms with Crippen LogP contribution in [0.15, 0.2) is 79.0 Å². The lowest BCUT2D eigenvalue weighted by Crippen LogP contribution is -2.27. The zero-order valence-electron chi connectivity index (χ0n) is 16.8. The fourth-order valence-electron chi connectivity index (χ4n) is 3.93. The summed E-state index contributed by atoms with van der Waals surface area (Å²) >= 11 is 0. The van der Waals surface area contributed by atoms with Crippen LogP contribution < -0.4 is 4.74 Å². The number of halogens is 1. The summed E-state index contributed by atoms with van der Waals surface area (Å²) in [5.41, 5.74) is 4.68. The van der Waals surface area contributed by atoms with Crippen molar-refractivity contribution < 1.29 is 13.9 Å². The molecule has 5 heteroatoms. The molecule has 0 saturated carbocycles. The molecule has 0 fully saturated rings. The number of benzene rings is 3. The van der Waals surface area contributed by atoms with Gasteiger partial charge in [0.2, 0.25) is 0 Å². The lowest BCUT2D eigenvalue weighted by molar-refractivity contribution is 0.0825. The molecular weight excluding hydrogens is 391 g/mol. The van der Waals surface area contributed by atoms with Crippen molar-refractivity contribution in [2.75, 3.05) is 6.54 Å². The number of rotatable bonds is 4. The first kappa shape index (κ1) is 19.1. The number of ether oxygens (including phenoxy) is 1. The Labute approximate surface area is 179 Å². The molecule has 2 heterocycles. The normalized spacial score (nSPS) is 13.1. The smallest absolute Gasteiger partial charge is 0.257 e. The van der Waals surface area contributed by atoms with Crippen LogP contribution in [0.3, 0.4) is 0 Å². The second-order valence-corrected chi connectivity index (χ2v) is 7.54. The maximum absolute atomic E-state index is 13.2. The molecule has 1 aromatic heterocycles. The zero-order valence-corrected chi connectivity index (χ0v) is 16.8. The van der Waals surface area contributed by atoms with E-state index in [-0.39, 0.29) is 11.7 Å². The SMILES string of the molecule is O=C(c1ccc(F)cc1)N1C=Cc2[nH]c3c(OCc4ccccc4)cccc3c2CC1. The summed E-state index contributed by atoms with van der Waals surface area (Å²) in [4.78, 5) is 17.9. The standard InChI is InChI=1S/C26H21FN2O2/c27-20-11-9-19(10-12-20)26(30)29-15-13-21-22-7-4-8-24(25(22)28-23(21)14-16-29)31-17-18-5-2-1-3-6-18/h1-12,14,16,28H,13,15,17H2. The van der Waals surface area contributed by atoms with Crippen LogP contribution in [0.5, 0.6) is 5.75 Å². The highest BCUT2D eigenvalue weighted by atomic mass is 19.1. The van der Waals surface area contributed by atoms with Crippen molar-refractivity contribution in [1.29, 1.82) is 0 Å². The first-order valence-corrected chi connectivity index (χ1v) is 10.2. The van der Waals surface area contributed by atoms with Gasteiger partial charge in [-0.05, 0) is 54.0 Å². The molecule has 5 rings (SSSR count). The maximum atomic E-state index is 13.2. The van der Waals surface area contributed by atoms with Gasteiger partial charge in [0.15, 0.2) is 0 Å². The minimum Gasteiger partial charge on any atom is -0.487 e. The van der Waals surface area contributed by atoms with E-state index in [0.29, 0.717) is 25.1 Å². The number of nitrogens with one attached hydrogen (secondary N) is 1. The number of aromatic nitrogens is 1. The van der Waals surface area contributed by atoms with Crippen molar-refractivity contribution in [3.63, 3.8) is 0 Å². The van der Waals surface area contributed by atoms with Crippen LogP contribution in [0.25, 0.3) is 17.0 Å². The third-order valence-electron chi connectivity index (χ3n) is 5.55. The second-order valence-electron chi connectivity index (χ2n) is 7.54. The number of carbonyl (C=O) groups excluding carboxylic acids is 1. The maximum Gasteiger partial charge on any atom is 0.257 e. The Hall–Kier alpha value is -3.86. The van der Waals surface area contributed by atoms with Gasteiger partial charge >= 0.3 is 0 Å². The topological polar surface area (TPSA) is 45.3 Å². The number of fused-ring (bicyclic) bond motifs is 3. The van der Waals surface area contributed by atoms with Gasteiger partial charge < -0.3 is 14.6 Å². The average molecular weight is 412 g/mol. The molecule has 0 radical (unpaired) electrons. The van der Waals surface area contributed by atoms with Gasteiger partial charge in [-0.15, -0.1) is 0 Å². The van der Waals surface area contributed by atoms with Crippen LogP contribution in [-0.4, -0.2) is 22.3 Å². The van der Waals surface area contributed by atoms with Gasteiger partial charge in [-0.2, -0.15) is 0 Å². The van der Waals surface area contributed by atoms with Crippen LogP contribution in [0.1, 0.15) is 27.2 Å². The highest BCUT2D eigenvalue weighted by Crippen LogP contribution is 2.32. The van der Waals surface area contributed by atoms with Crippen LogP contribution >= 0.6 is 0 Å². The van der Waals surface area contributed by atoms with Crippen molar-refractivity contribution in [3.05, 3.63) is 107 Å². The number of hydrogen-bond acceptors (Lipinski definition) is 2. The Kier molecular flexibility index (Phi) is 5.00. The van der Waals surface area contributed by atoms with E-state index >= 15 is 0 Å². The van der Waals surface area contributed by atoms with Crippen LogP contribution in [-0.2, 0) is 13.0 Å². The van der Waals surface area contributed by atoms with Gasteiger partial charge in [0, 0.05) is 29.4 Å². The van der Waals surface area contributed by atoms with Gasteiger partial charge in [0.25, 0.3) is 5.91 Å². The van der Waals surface area contributed by atoms with Crippen LogP contribution in [0.2, 0.25) is 0 Å². The number of amides is 1. The Balaban J connectivity index is 1.40. The van der Waals surface area contributed by atoms with E-state index in [9.17, 15) is 9.18 Å². The van der Waals surface area contributed by atoms with E-state index in [1.165, 1.54) is 24.3 Å². The lowest BCUT2D eigenvalue weighted by atomic mass is 10.1. The predicted molar refractivity (Wildman–Crippen MR) is 119 cm³/mol. The molecule has 4 aromatic rings. The molecule has 0 aliphatic carbocycles. The molecule has 1 N–H and O–H groups in total. The summed E-state index contributed by atoms with van der Waals surface area (Å²) in [5.74, 6) is 0.314. The van der Waals surface area contributed by atoms with Crippen molar-refractivity contribution in [2.45, 2.75) is 13.0 Å². The summed E-state index contributed by atoms with van der Waals surface area (Å²) in [6, 6.07) is 21.8. The van der Waals surface area contributed by atoms with Crippen LogP contribution in [0, 0.1) is 5.82 Å². The largest absolute Gasteiger partial charge is 0.487 e. The third-order valence-corrected chi connectivity index (χ3v) is 5.55. The van der Waals surface area contributed by atoms with Crippen LogP contribution in [0.4, 0.5) is 4.39 Å². The highest BCUT2D eigenvalue weighted by Gasteiger charge is 2.20. The predicted octanol–water partition coefficient (Wildman–Crippen LogP) is 5.56. The number of nitrogens with zero attached hydrogens (tertiary/aromatic N) is 1. The molecule has 0 saturated heterocycles. The van der Waals surface area contributed by atoms with E-state index < -0.39 is 0 Å². The summed E-state index contributed by atoms with van der Waals surface area (Å²) in [5, 5.41) is 1.10. The molecule has 0 bridgehead atoms. The second kappa shape index (κ2) is 8.11. The van der Waals surface area contributed by atoms with Gasteiger partial charge in [-0.1, -0.05) is 42.5 Å². The van der Waals surface area contributed by atoms with E-state index in [4.69, 9.17) is 4.74 Å². The number of hydrogen-bond donors (Lipinski definition) is 1. The number of carbonyl (C=O) groups is 1. The molecule has 31 heavy (non-hydrogen) atoms. The number of H-pyrrole nitrogens is 1.